The summed E-state index contributed by atoms with van der Waals surface area (Å²) in [5.74, 6) is 0.961. The van der Waals surface area contributed by atoms with E-state index >= 15 is 0 Å². The Labute approximate surface area is 191 Å². The van der Waals surface area contributed by atoms with Crippen LogP contribution in [0, 0.1) is 0 Å². The van der Waals surface area contributed by atoms with Gasteiger partial charge in [0.05, 0.1) is 17.6 Å². The van der Waals surface area contributed by atoms with E-state index in [0.717, 1.165) is 28.8 Å². The molecule has 0 aliphatic carbocycles. The second-order valence-electron chi connectivity index (χ2n) is 7.42. The summed E-state index contributed by atoms with van der Waals surface area (Å²) in [5.41, 5.74) is 4.11. The normalized spacial score (nSPS) is 11.0. The second kappa shape index (κ2) is 9.99. The summed E-state index contributed by atoms with van der Waals surface area (Å²) in [6.07, 6.45) is 1.85. The number of para-hydroxylation sites is 2. The number of hydrogen-bond donors (Lipinski definition) is 1. The molecule has 4 aromatic rings. The second-order valence-corrected chi connectivity index (χ2v) is 8.27. The average Bonchev–Trinajstić information content (AvgIpc) is 3.12. The molecule has 1 amide bonds. The van der Waals surface area contributed by atoms with Crippen molar-refractivity contribution in [1.29, 1.82) is 0 Å². The lowest BCUT2D eigenvalue weighted by Crippen LogP contribution is -2.26. The molecule has 0 aliphatic rings. The van der Waals surface area contributed by atoms with Crippen LogP contribution in [0.25, 0.3) is 11.0 Å². The summed E-state index contributed by atoms with van der Waals surface area (Å²) < 4.78 is 2.15. The van der Waals surface area contributed by atoms with Crippen LogP contribution in [0.4, 0.5) is 0 Å². The number of fused-ring (bicyclic) bond motifs is 1. The fourth-order valence-electron chi connectivity index (χ4n) is 3.62. The Hall–Kier alpha value is -2.82. The number of carbonyl (C=O) groups excluding carboxylic acids is 1. The van der Waals surface area contributed by atoms with Gasteiger partial charge in [-0.2, -0.15) is 0 Å². The Morgan fingerprint density at radius 3 is 2.52 bits per heavy atom. The Kier molecular flexibility index (Phi) is 6.90. The zero-order valence-electron chi connectivity index (χ0n) is 17.0. The number of aryl methyl sites for hydroxylation is 1. The standard InChI is InChI=1S/C25H23Cl2N3O/c26-20-12-11-19(21(27)16-20)17-30-23-9-5-4-8-22(23)29-24(30)14-15-28-25(31)13-10-18-6-2-1-3-7-18/h1-9,11-12,16H,10,13-15,17H2,(H,28,31). The highest BCUT2D eigenvalue weighted by Crippen LogP contribution is 2.24. The predicted molar refractivity (Wildman–Crippen MR) is 127 cm³/mol. The van der Waals surface area contributed by atoms with Crippen LogP contribution in [0.2, 0.25) is 10.0 Å². The first-order valence-electron chi connectivity index (χ1n) is 10.3. The van der Waals surface area contributed by atoms with E-state index in [4.69, 9.17) is 28.2 Å². The maximum absolute atomic E-state index is 12.3. The number of nitrogens with zero attached hydrogens (tertiary/aromatic N) is 2. The van der Waals surface area contributed by atoms with Crippen LogP contribution < -0.4 is 5.32 Å². The van der Waals surface area contributed by atoms with Crippen molar-refractivity contribution < 1.29 is 4.79 Å². The van der Waals surface area contributed by atoms with E-state index in [0.29, 0.717) is 36.0 Å². The molecular formula is C25H23Cl2N3O. The molecule has 0 saturated heterocycles. The van der Waals surface area contributed by atoms with E-state index in [1.165, 1.54) is 5.56 Å². The van der Waals surface area contributed by atoms with Crippen molar-refractivity contribution in [3.63, 3.8) is 0 Å². The Morgan fingerprint density at radius 2 is 1.71 bits per heavy atom. The number of benzene rings is 3. The first kappa shape index (κ1) is 21.4. The Morgan fingerprint density at radius 1 is 0.935 bits per heavy atom. The zero-order chi connectivity index (χ0) is 21.6. The average molecular weight is 452 g/mol. The molecule has 1 heterocycles. The fraction of sp³-hybridized carbons (Fsp3) is 0.200. The Balaban J connectivity index is 1.43. The van der Waals surface area contributed by atoms with Gasteiger partial charge in [0.1, 0.15) is 5.82 Å². The van der Waals surface area contributed by atoms with E-state index in [1.807, 2.05) is 66.7 Å². The predicted octanol–water partition coefficient (Wildman–Crippen LogP) is 5.68. The van der Waals surface area contributed by atoms with Gasteiger partial charge in [0, 0.05) is 29.4 Å². The highest BCUT2D eigenvalue weighted by Gasteiger charge is 2.13. The molecule has 1 N–H and O–H groups in total. The first-order valence-corrected chi connectivity index (χ1v) is 11.0. The van der Waals surface area contributed by atoms with Crippen molar-refractivity contribution in [3.8, 4) is 0 Å². The molecule has 0 saturated carbocycles. The van der Waals surface area contributed by atoms with Gasteiger partial charge in [0.15, 0.2) is 0 Å². The van der Waals surface area contributed by atoms with Crippen LogP contribution in [-0.2, 0) is 24.2 Å². The molecular weight excluding hydrogens is 429 g/mol. The van der Waals surface area contributed by atoms with Crippen molar-refractivity contribution in [1.82, 2.24) is 14.9 Å². The maximum Gasteiger partial charge on any atom is 0.220 e. The first-order chi connectivity index (χ1) is 15.1. The third-order valence-electron chi connectivity index (χ3n) is 5.23. The van der Waals surface area contributed by atoms with Gasteiger partial charge in [-0.25, -0.2) is 4.98 Å². The smallest absolute Gasteiger partial charge is 0.220 e. The lowest BCUT2D eigenvalue weighted by Gasteiger charge is -2.12. The minimum absolute atomic E-state index is 0.0484. The molecule has 0 unspecified atom stereocenters. The number of amides is 1. The van der Waals surface area contributed by atoms with Gasteiger partial charge >= 0.3 is 0 Å². The Bertz CT molecular complexity index is 1190. The summed E-state index contributed by atoms with van der Waals surface area (Å²) >= 11 is 12.5. The van der Waals surface area contributed by atoms with Crippen LogP contribution in [0.5, 0.6) is 0 Å². The SMILES string of the molecule is O=C(CCc1ccccc1)NCCc1nc2ccccc2n1Cc1ccc(Cl)cc1Cl. The largest absolute Gasteiger partial charge is 0.356 e. The number of carbonyl (C=O) groups is 1. The highest BCUT2D eigenvalue weighted by molar-refractivity contribution is 6.35. The van der Waals surface area contributed by atoms with Gasteiger partial charge in [-0.05, 0) is 41.8 Å². The van der Waals surface area contributed by atoms with E-state index < -0.39 is 0 Å². The van der Waals surface area contributed by atoms with Gasteiger partial charge in [-0.15, -0.1) is 0 Å². The molecule has 0 fully saturated rings. The quantitative estimate of drug-likeness (QED) is 0.374. The highest BCUT2D eigenvalue weighted by atomic mass is 35.5. The van der Waals surface area contributed by atoms with Crippen LogP contribution in [0.15, 0.2) is 72.8 Å². The van der Waals surface area contributed by atoms with Crippen molar-refractivity contribution in [2.24, 2.45) is 0 Å². The monoisotopic (exact) mass is 451 g/mol. The summed E-state index contributed by atoms with van der Waals surface area (Å²) in [5, 5.41) is 4.26. The van der Waals surface area contributed by atoms with Crippen LogP contribution in [0.1, 0.15) is 23.4 Å². The lowest BCUT2D eigenvalue weighted by atomic mass is 10.1. The van der Waals surface area contributed by atoms with E-state index in [9.17, 15) is 4.79 Å². The van der Waals surface area contributed by atoms with E-state index in [2.05, 4.69) is 9.88 Å². The van der Waals surface area contributed by atoms with Crippen molar-refractivity contribution >= 4 is 40.1 Å². The van der Waals surface area contributed by atoms with Gasteiger partial charge in [0.25, 0.3) is 0 Å². The van der Waals surface area contributed by atoms with Gasteiger partial charge in [-0.1, -0.05) is 71.7 Å². The topological polar surface area (TPSA) is 46.9 Å². The summed E-state index contributed by atoms with van der Waals surface area (Å²) in [7, 11) is 0. The van der Waals surface area contributed by atoms with E-state index in [1.54, 1.807) is 6.07 Å². The lowest BCUT2D eigenvalue weighted by molar-refractivity contribution is -0.121. The summed E-state index contributed by atoms with van der Waals surface area (Å²) in [6, 6.07) is 23.6. The summed E-state index contributed by atoms with van der Waals surface area (Å²) in [4.78, 5) is 17.1. The molecule has 4 nitrogen and oxygen atoms in total. The number of hydrogen-bond acceptors (Lipinski definition) is 2. The molecule has 0 bridgehead atoms. The van der Waals surface area contributed by atoms with E-state index in [-0.39, 0.29) is 5.91 Å². The molecule has 0 radical (unpaired) electrons. The molecule has 6 heteroatoms. The summed E-state index contributed by atoms with van der Waals surface area (Å²) in [6.45, 7) is 1.12. The fourth-order valence-corrected chi connectivity index (χ4v) is 4.09. The molecule has 4 rings (SSSR count). The number of aromatic nitrogens is 2. The van der Waals surface area contributed by atoms with Crippen LogP contribution in [-0.4, -0.2) is 22.0 Å². The minimum atomic E-state index is 0.0484. The third kappa shape index (κ3) is 5.46. The number of halogens is 2. The third-order valence-corrected chi connectivity index (χ3v) is 5.82. The minimum Gasteiger partial charge on any atom is -0.356 e. The molecule has 3 aromatic carbocycles. The zero-order valence-corrected chi connectivity index (χ0v) is 18.5. The molecule has 158 valence electrons. The molecule has 0 atom stereocenters. The van der Waals surface area contributed by atoms with Crippen LogP contribution >= 0.6 is 23.2 Å². The molecule has 31 heavy (non-hydrogen) atoms. The van der Waals surface area contributed by atoms with Gasteiger partial charge in [0.2, 0.25) is 5.91 Å². The van der Waals surface area contributed by atoms with Crippen molar-refractivity contribution in [2.45, 2.75) is 25.8 Å². The van der Waals surface area contributed by atoms with Crippen molar-refractivity contribution in [3.05, 3.63) is 99.8 Å². The van der Waals surface area contributed by atoms with Gasteiger partial charge in [-0.3, -0.25) is 4.79 Å². The molecule has 1 aromatic heterocycles. The molecule has 0 spiro atoms. The number of imidazole rings is 1. The number of rotatable bonds is 8. The van der Waals surface area contributed by atoms with Crippen molar-refractivity contribution in [2.75, 3.05) is 6.54 Å². The van der Waals surface area contributed by atoms with Gasteiger partial charge < -0.3 is 9.88 Å². The molecule has 0 aliphatic heterocycles. The number of nitrogens with one attached hydrogen (secondary N) is 1. The maximum atomic E-state index is 12.3. The van der Waals surface area contributed by atoms with Crippen LogP contribution in [0.3, 0.4) is 0 Å².